The normalized spacial score (nSPS) is 11.3. The maximum atomic E-state index is 13.1. The third kappa shape index (κ3) is 8.01. The topological polar surface area (TPSA) is 102 Å². The van der Waals surface area contributed by atoms with Crippen LogP contribution in [0, 0.1) is 6.92 Å². The number of benzene rings is 1. The molecular formula is C25H40O7. The summed E-state index contributed by atoms with van der Waals surface area (Å²) in [6.45, 7) is 7.31. The highest BCUT2D eigenvalue weighted by Crippen LogP contribution is 2.41. The number of aromatic carboxylic acids is 1. The zero-order chi connectivity index (χ0) is 24.3. The van der Waals surface area contributed by atoms with Crippen molar-refractivity contribution in [3.63, 3.8) is 0 Å². The Morgan fingerprint density at radius 1 is 0.812 bits per heavy atom. The van der Waals surface area contributed by atoms with Crippen molar-refractivity contribution in [2.24, 2.45) is 0 Å². The average molecular weight is 453 g/mol. The van der Waals surface area contributed by atoms with Crippen LogP contribution in [0.15, 0.2) is 0 Å². The van der Waals surface area contributed by atoms with E-state index in [1.165, 1.54) is 14.2 Å². The summed E-state index contributed by atoms with van der Waals surface area (Å²) in [7, 11) is 2.76. The number of carboxylic acids is 1. The summed E-state index contributed by atoms with van der Waals surface area (Å²) in [5.41, 5.74) is 0.681. The molecule has 1 aromatic carbocycles. The quantitative estimate of drug-likeness (QED) is 0.291. The zero-order valence-electron chi connectivity index (χ0n) is 20.5. The second-order valence-corrected chi connectivity index (χ2v) is 9.03. The summed E-state index contributed by atoms with van der Waals surface area (Å²) >= 11 is 0. The van der Waals surface area contributed by atoms with E-state index in [0.29, 0.717) is 17.5 Å². The molecule has 182 valence electrons. The van der Waals surface area contributed by atoms with Gasteiger partial charge in [-0.2, -0.15) is 0 Å². The van der Waals surface area contributed by atoms with E-state index in [1.54, 1.807) is 27.7 Å². The fourth-order valence-corrected chi connectivity index (χ4v) is 3.85. The van der Waals surface area contributed by atoms with Gasteiger partial charge in [-0.15, -0.1) is 0 Å². The van der Waals surface area contributed by atoms with Crippen molar-refractivity contribution >= 4 is 11.9 Å². The monoisotopic (exact) mass is 452 g/mol. The number of ether oxygens (including phenoxy) is 3. The molecular weight excluding hydrogens is 412 g/mol. The van der Waals surface area contributed by atoms with Crippen LogP contribution >= 0.6 is 0 Å². The van der Waals surface area contributed by atoms with Gasteiger partial charge < -0.3 is 24.4 Å². The Labute approximate surface area is 192 Å². The maximum Gasteiger partial charge on any atom is 0.342 e. The number of esters is 1. The fraction of sp³-hybridized carbons (Fsp3) is 0.680. The molecule has 0 atom stereocenters. The molecule has 0 unspecified atom stereocenters. The number of methoxy groups -OCH3 is 2. The van der Waals surface area contributed by atoms with E-state index >= 15 is 0 Å². The van der Waals surface area contributed by atoms with E-state index in [9.17, 15) is 14.7 Å². The standard InChI is InChI=1S/C25H40O7/c1-17-18(15-13-11-9-7-8-10-12-14-16-26)20(24(29)32-25(2,3)4)22(31-6)21(30-5)19(17)23(27)28/h26H,7-16H2,1-6H3,(H,27,28). The number of hydrogen-bond donors (Lipinski definition) is 2. The zero-order valence-corrected chi connectivity index (χ0v) is 20.5. The minimum atomic E-state index is -1.13. The molecule has 0 aliphatic rings. The van der Waals surface area contributed by atoms with Crippen molar-refractivity contribution in [2.45, 2.75) is 91.1 Å². The highest BCUT2D eigenvalue weighted by molar-refractivity contribution is 6.01. The lowest BCUT2D eigenvalue weighted by Gasteiger charge is -2.24. The van der Waals surface area contributed by atoms with Crippen LogP contribution in [0.25, 0.3) is 0 Å². The number of carboxylic acid groups (broad SMARTS) is 1. The first-order valence-corrected chi connectivity index (χ1v) is 11.4. The smallest absolute Gasteiger partial charge is 0.342 e. The lowest BCUT2D eigenvalue weighted by molar-refractivity contribution is 0.00639. The molecule has 0 saturated carbocycles. The highest BCUT2D eigenvalue weighted by atomic mass is 16.6. The van der Waals surface area contributed by atoms with Crippen LogP contribution in [-0.2, 0) is 11.2 Å². The largest absolute Gasteiger partial charge is 0.492 e. The first kappa shape index (κ1) is 27.8. The number of aliphatic hydroxyl groups is 1. The Kier molecular flexibility index (Phi) is 11.5. The minimum absolute atomic E-state index is 0.00976. The van der Waals surface area contributed by atoms with Crippen LogP contribution in [0.1, 0.15) is 104 Å². The van der Waals surface area contributed by atoms with Gasteiger partial charge in [0.25, 0.3) is 0 Å². The van der Waals surface area contributed by atoms with E-state index in [0.717, 1.165) is 51.4 Å². The van der Waals surface area contributed by atoms with Gasteiger partial charge in [-0.1, -0.05) is 38.5 Å². The van der Waals surface area contributed by atoms with Gasteiger partial charge in [0.1, 0.15) is 16.7 Å². The Morgan fingerprint density at radius 3 is 1.72 bits per heavy atom. The Balaban J connectivity index is 3.15. The lowest BCUT2D eigenvalue weighted by atomic mass is 9.90. The van der Waals surface area contributed by atoms with E-state index in [-0.39, 0.29) is 29.2 Å². The molecule has 0 bridgehead atoms. The average Bonchev–Trinajstić information content (AvgIpc) is 2.70. The molecule has 0 spiro atoms. The third-order valence-corrected chi connectivity index (χ3v) is 5.35. The van der Waals surface area contributed by atoms with Gasteiger partial charge >= 0.3 is 11.9 Å². The van der Waals surface area contributed by atoms with Crippen molar-refractivity contribution in [2.75, 3.05) is 20.8 Å². The van der Waals surface area contributed by atoms with Crippen LogP contribution < -0.4 is 9.47 Å². The van der Waals surface area contributed by atoms with Crippen molar-refractivity contribution in [1.82, 2.24) is 0 Å². The molecule has 7 nitrogen and oxygen atoms in total. The molecule has 0 aliphatic carbocycles. The van der Waals surface area contributed by atoms with Gasteiger partial charge in [-0.25, -0.2) is 9.59 Å². The van der Waals surface area contributed by atoms with Crippen LogP contribution in [-0.4, -0.2) is 48.6 Å². The lowest BCUT2D eigenvalue weighted by Crippen LogP contribution is -2.26. The van der Waals surface area contributed by atoms with Gasteiger partial charge in [0.05, 0.1) is 14.2 Å². The fourth-order valence-electron chi connectivity index (χ4n) is 3.85. The molecule has 0 heterocycles. The van der Waals surface area contributed by atoms with E-state index in [4.69, 9.17) is 19.3 Å². The molecule has 32 heavy (non-hydrogen) atoms. The molecule has 2 N–H and O–H groups in total. The highest BCUT2D eigenvalue weighted by Gasteiger charge is 2.32. The first-order chi connectivity index (χ1) is 15.1. The Morgan fingerprint density at radius 2 is 1.28 bits per heavy atom. The number of carbonyl (C=O) groups is 2. The van der Waals surface area contributed by atoms with E-state index in [2.05, 4.69) is 0 Å². The van der Waals surface area contributed by atoms with Gasteiger partial charge in [0.2, 0.25) is 0 Å². The van der Waals surface area contributed by atoms with E-state index < -0.39 is 17.5 Å². The molecule has 0 fully saturated rings. The predicted molar refractivity (Wildman–Crippen MR) is 124 cm³/mol. The second-order valence-electron chi connectivity index (χ2n) is 9.03. The van der Waals surface area contributed by atoms with Gasteiger partial charge in [-0.05, 0) is 58.1 Å². The van der Waals surface area contributed by atoms with Crippen molar-refractivity contribution in [3.8, 4) is 11.5 Å². The van der Waals surface area contributed by atoms with Crippen LogP contribution in [0.2, 0.25) is 0 Å². The van der Waals surface area contributed by atoms with Crippen molar-refractivity contribution in [1.29, 1.82) is 0 Å². The summed E-state index contributed by atoms with van der Waals surface area (Å²) in [6.07, 6.45) is 8.71. The molecule has 0 aliphatic heterocycles. The predicted octanol–water partition coefficient (Wildman–Crippen LogP) is 5.32. The SMILES string of the molecule is COc1c(OC)c(C(=O)OC(C)(C)C)c(CCCCCCCCCCO)c(C)c1C(=O)O. The third-order valence-electron chi connectivity index (χ3n) is 5.35. The summed E-state index contributed by atoms with van der Waals surface area (Å²) in [5, 5.41) is 18.6. The van der Waals surface area contributed by atoms with Crippen LogP contribution in [0.4, 0.5) is 0 Å². The molecule has 1 aromatic rings. The van der Waals surface area contributed by atoms with Crippen molar-refractivity contribution in [3.05, 3.63) is 22.3 Å². The van der Waals surface area contributed by atoms with Crippen molar-refractivity contribution < 1.29 is 34.0 Å². The minimum Gasteiger partial charge on any atom is -0.492 e. The number of hydrogen-bond acceptors (Lipinski definition) is 6. The maximum absolute atomic E-state index is 13.1. The summed E-state index contributed by atoms with van der Waals surface area (Å²) in [5.74, 6) is -1.54. The van der Waals surface area contributed by atoms with Gasteiger partial charge in [0.15, 0.2) is 11.5 Å². The molecule has 0 amide bonds. The van der Waals surface area contributed by atoms with Gasteiger partial charge in [0, 0.05) is 6.61 Å². The van der Waals surface area contributed by atoms with Crippen LogP contribution in [0.5, 0.6) is 11.5 Å². The number of rotatable bonds is 14. The van der Waals surface area contributed by atoms with E-state index in [1.807, 2.05) is 0 Å². The summed E-state index contributed by atoms with van der Waals surface area (Å²) in [4.78, 5) is 25.1. The molecule has 1 rings (SSSR count). The summed E-state index contributed by atoms with van der Waals surface area (Å²) < 4.78 is 16.4. The number of unbranched alkanes of at least 4 members (excludes halogenated alkanes) is 7. The summed E-state index contributed by atoms with van der Waals surface area (Å²) in [6, 6.07) is 0. The van der Waals surface area contributed by atoms with Gasteiger partial charge in [-0.3, -0.25) is 0 Å². The Hall–Kier alpha value is -2.28. The first-order valence-electron chi connectivity index (χ1n) is 11.4. The molecule has 0 radical (unpaired) electrons. The number of carbonyl (C=O) groups excluding carboxylic acids is 1. The molecule has 0 saturated heterocycles. The van der Waals surface area contributed by atoms with Crippen LogP contribution in [0.3, 0.4) is 0 Å². The number of aliphatic hydroxyl groups excluding tert-OH is 1. The second kappa shape index (κ2) is 13.3. The molecule has 7 heteroatoms. The Bertz CT molecular complexity index is 763. The molecule has 0 aromatic heterocycles.